The minimum atomic E-state index is 0.433. The van der Waals surface area contributed by atoms with E-state index in [1.54, 1.807) is 0 Å². The van der Waals surface area contributed by atoms with Crippen molar-refractivity contribution in [2.75, 3.05) is 0 Å². The Morgan fingerprint density at radius 3 is 1.33 bits per heavy atom. The van der Waals surface area contributed by atoms with Crippen LogP contribution >= 0.6 is 0 Å². The zero-order valence-corrected chi connectivity index (χ0v) is 11.2. The lowest BCUT2D eigenvalue weighted by Gasteiger charge is -2.42. The van der Waals surface area contributed by atoms with Gasteiger partial charge in [-0.25, -0.2) is 0 Å². The summed E-state index contributed by atoms with van der Waals surface area (Å²) in [6.45, 7) is 9.38. The van der Waals surface area contributed by atoms with Crippen LogP contribution in [-0.2, 0) is 0 Å². The molecule has 0 aliphatic carbocycles. The van der Waals surface area contributed by atoms with Gasteiger partial charge in [-0.1, -0.05) is 40.5 Å². The van der Waals surface area contributed by atoms with Crippen LogP contribution in [0.1, 0.15) is 79.1 Å². The van der Waals surface area contributed by atoms with Crippen molar-refractivity contribution in [2.24, 2.45) is 0 Å². The van der Waals surface area contributed by atoms with Crippen LogP contribution in [0.3, 0.4) is 0 Å². The highest BCUT2D eigenvalue weighted by atomic mass is 15.1. The summed E-state index contributed by atoms with van der Waals surface area (Å²) in [5.74, 6) is 0. The van der Waals surface area contributed by atoms with E-state index in [1.165, 1.54) is 51.4 Å². The van der Waals surface area contributed by atoms with Crippen molar-refractivity contribution >= 4 is 0 Å². The first-order chi connectivity index (χ1) is 7.16. The topological polar surface area (TPSA) is 12.0 Å². The lowest BCUT2D eigenvalue weighted by Crippen LogP contribution is -2.56. The highest BCUT2D eigenvalue weighted by molar-refractivity contribution is 4.98. The normalized spacial score (nSPS) is 24.8. The summed E-state index contributed by atoms with van der Waals surface area (Å²) in [5.41, 5.74) is 0.866. The van der Waals surface area contributed by atoms with Gasteiger partial charge in [0.15, 0.2) is 0 Å². The SMILES string of the molecule is CCC1(CC)CCCCC(CC)(CC)N1. The Morgan fingerprint density at radius 1 is 0.733 bits per heavy atom. The molecule has 0 radical (unpaired) electrons. The molecule has 0 spiro atoms. The van der Waals surface area contributed by atoms with Crippen LogP contribution in [0.15, 0.2) is 0 Å². The van der Waals surface area contributed by atoms with E-state index in [-0.39, 0.29) is 0 Å². The Hall–Kier alpha value is -0.0400. The summed E-state index contributed by atoms with van der Waals surface area (Å²) in [6.07, 6.45) is 10.7. The lowest BCUT2D eigenvalue weighted by molar-refractivity contribution is 0.180. The molecule has 0 saturated carbocycles. The fourth-order valence-corrected chi connectivity index (χ4v) is 3.17. The van der Waals surface area contributed by atoms with Crippen LogP contribution in [0, 0.1) is 0 Å². The van der Waals surface area contributed by atoms with Gasteiger partial charge in [0.1, 0.15) is 0 Å². The molecule has 0 bridgehead atoms. The molecule has 1 aliphatic rings. The van der Waals surface area contributed by atoms with E-state index in [0.29, 0.717) is 11.1 Å². The van der Waals surface area contributed by atoms with E-state index in [2.05, 4.69) is 33.0 Å². The van der Waals surface area contributed by atoms with Gasteiger partial charge in [-0.15, -0.1) is 0 Å². The third kappa shape index (κ3) is 2.75. The highest BCUT2D eigenvalue weighted by Gasteiger charge is 2.37. The Morgan fingerprint density at radius 2 is 1.07 bits per heavy atom. The fourth-order valence-electron chi connectivity index (χ4n) is 3.17. The average molecular weight is 211 g/mol. The summed E-state index contributed by atoms with van der Waals surface area (Å²) >= 11 is 0. The van der Waals surface area contributed by atoms with Gasteiger partial charge in [0.2, 0.25) is 0 Å². The standard InChI is InChI=1S/C14H29N/c1-5-13(6-2)11-9-10-12-14(7-3,8-4)15-13/h15H,5-12H2,1-4H3. The van der Waals surface area contributed by atoms with E-state index in [4.69, 9.17) is 0 Å². The van der Waals surface area contributed by atoms with Crippen LogP contribution in [0.4, 0.5) is 0 Å². The highest BCUT2D eigenvalue weighted by Crippen LogP contribution is 2.35. The van der Waals surface area contributed by atoms with Crippen molar-refractivity contribution in [1.82, 2.24) is 5.32 Å². The van der Waals surface area contributed by atoms with E-state index in [0.717, 1.165) is 0 Å². The molecule has 1 nitrogen and oxygen atoms in total. The van der Waals surface area contributed by atoms with Crippen LogP contribution in [-0.4, -0.2) is 11.1 Å². The second kappa shape index (κ2) is 5.34. The van der Waals surface area contributed by atoms with E-state index in [1.807, 2.05) is 0 Å². The van der Waals surface area contributed by atoms with E-state index >= 15 is 0 Å². The summed E-state index contributed by atoms with van der Waals surface area (Å²) in [7, 11) is 0. The number of hydrogen-bond acceptors (Lipinski definition) is 1. The molecule has 90 valence electrons. The van der Waals surface area contributed by atoms with Crippen molar-refractivity contribution in [2.45, 2.75) is 90.1 Å². The van der Waals surface area contributed by atoms with Gasteiger partial charge in [-0.2, -0.15) is 0 Å². The molecular weight excluding hydrogens is 182 g/mol. The minimum absolute atomic E-state index is 0.433. The monoisotopic (exact) mass is 211 g/mol. The molecule has 0 amide bonds. The van der Waals surface area contributed by atoms with E-state index in [9.17, 15) is 0 Å². The molecule has 15 heavy (non-hydrogen) atoms. The Bertz CT molecular complexity index is 158. The van der Waals surface area contributed by atoms with Crippen LogP contribution < -0.4 is 5.32 Å². The largest absolute Gasteiger partial charge is 0.306 e. The summed E-state index contributed by atoms with van der Waals surface area (Å²) in [6, 6.07) is 0. The molecule has 0 unspecified atom stereocenters. The Balaban J connectivity index is 2.84. The summed E-state index contributed by atoms with van der Waals surface area (Å²) < 4.78 is 0. The van der Waals surface area contributed by atoms with Crippen LogP contribution in [0.2, 0.25) is 0 Å². The van der Waals surface area contributed by atoms with Gasteiger partial charge in [-0.05, 0) is 38.5 Å². The summed E-state index contributed by atoms with van der Waals surface area (Å²) in [5, 5.41) is 4.04. The number of nitrogens with one attached hydrogen (secondary N) is 1. The summed E-state index contributed by atoms with van der Waals surface area (Å²) in [4.78, 5) is 0. The smallest absolute Gasteiger partial charge is 0.0181 e. The van der Waals surface area contributed by atoms with Crippen molar-refractivity contribution in [3.05, 3.63) is 0 Å². The lowest BCUT2D eigenvalue weighted by atomic mass is 9.83. The minimum Gasteiger partial charge on any atom is -0.306 e. The van der Waals surface area contributed by atoms with Crippen molar-refractivity contribution in [3.63, 3.8) is 0 Å². The first kappa shape index (κ1) is 13.0. The molecule has 1 N–H and O–H groups in total. The molecule has 0 atom stereocenters. The maximum atomic E-state index is 4.04. The first-order valence-corrected chi connectivity index (χ1v) is 6.95. The average Bonchev–Trinajstić information content (AvgIpc) is 2.50. The molecule has 0 aromatic rings. The van der Waals surface area contributed by atoms with Crippen LogP contribution in [0.25, 0.3) is 0 Å². The molecule has 1 aliphatic heterocycles. The van der Waals surface area contributed by atoms with Crippen LogP contribution in [0.5, 0.6) is 0 Å². The van der Waals surface area contributed by atoms with Crippen molar-refractivity contribution in [1.29, 1.82) is 0 Å². The fraction of sp³-hybridized carbons (Fsp3) is 1.00. The molecule has 1 saturated heterocycles. The molecule has 1 heteroatoms. The predicted molar refractivity (Wildman–Crippen MR) is 68.2 cm³/mol. The Labute approximate surface area is 96.0 Å². The molecule has 0 aromatic heterocycles. The molecule has 1 heterocycles. The quantitative estimate of drug-likeness (QED) is 0.732. The molecule has 0 aromatic carbocycles. The van der Waals surface area contributed by atoms with E-state index < -0.39 is 0 Å². The third-order valence-corrected chi connectivity index (χ3v) is 4.80. The van der Waals surface area contributed by atoms with Gasteiger partial charge in [0.05, 0.1) is 0 Å². The zero-order valence-electron chi connectivity index (χ0n) is 11.2. The third-order valence-electron chi connectivity index (χ3n) is 4.80. The maximum Gasteiger partial charge on any atom is 0.0181 e. The molecule has 1 rings (SSSR count). The number of hydrogen-bond donors (Lipinski definition) is 1. The van der Waals surface area contributed by atoms with Gasteiger partial charge in [0.25, 0.3) is 0 Å². The predicted octanol–water partition coefficient (Wildman–Crippen LogP) is 4.27. The van der Waals surface area contributed by atoms with Crippen molar-refractivity contribution in [3.8, 4) is 0 Å². The zero-order chi connectivity index (χ0) is 11.4. The Kier molecular flexibility index (Phi) is 4.64. The van der Waals surface area contributed by atoms with Gasteiger partial charge in [-0.3, -0.25) is 0 Å². The first-order valence-electron chi connectivity index (χ1n) is 6.95. The number of rotatable bonds is 4. The van der Waals surface area contributed by atoms with Crippen molar-refractivity contribution < 1.29 is 0 Å². The van der Waals surface area contributed by atoms with Gasteiger partial charge < -0.3 is 5.32 Å². The van der Waals surface area contributed by atoms with Gasteiger partial charge in [0, 0.05) is 11.1 Å². The molecular formula is C14H29N. The maximum absolute atomic E-state index is 4.04. The second-order valence-corrected chi connectivity index (χ2v) is 5.31. The van der Waals surface area contributed by atoms with Gasteiger partial charge >= 0.3 is 0 Å². The second-order valence-electron chi connectivity index (χ2n) is 5.31. The molecule has 1 fully saturated rings.